The second-order valence-corrected chi connectivity index (χ2v) is 7.45. The van der Waals surface area contributed by atoms with E-state index in [9.17, 15) is 0 Å². The number of nitrogens with zero attached hydrogens (tertiary/aromatic N) is 2. The van der Waals surface area contributed by atoms with Crippen molar-refractivity contribution in [3.8, 4) is 11.3 Å². The minimum absolute atomic E-state index is 0.900. The van der Waals surface area contributed by atoms with E-state index in [1.807, 2.05) is 18.2 Å². The van der Waals surface area contributed by atoms with Crippen LogP contribution in [0.15, 0.2) is 77.8 Å². The molecular weight excluding hydrogens is 336 g/mol. The van der Waals surface area contributed by atoms with E-state index in [1.54, 1.807) is 11.8 Å². The Morgan fingerprint density at radius 2 is 1.50 bits per heavy atom. The molecule has 0 aliphatic rings. The van der Waals surface area contributed by atoms with E-state index in [0.717, 1.165) is 32.8 Å². The van der Waals surface area contributed by atoms with Crippen LogP contribution < -0.4 is 0 Å². The van der Waals surface area contributed by atoms with Gasteiger partial charge in [-0.05, 0) is 25.0 Å². The second-order valence-electron chi connectivity index (χ2n) is 6.48. The molecule has 4 aromatic rings. The van der Waals surface area contributed by atoms with Crippen LogP contribution in [0.2, 0.25) is 0 Å². The molecule has 0 aliphatic heterocycles. The van der Waals surface area contributed by atoms with Gasteiger partial charge in [-0.25, -0.2) is 0 Å². The lowest BCUT2D eigenvalue weighted by atomic mass is 10.1. The van der Waals surface area contributed by atoms with E-state index in [0.29, 0.717) is 0 Å². The number of aryl methyl sites for hydroxylation is 2. The fourth-order valence-corrected chi connectivity index (χ4v) is 4.13. The highest BCUT2D eigenvalue weighted by Gasteiger charge is 2.11. The average Bonchev–Trinajstić information content (AvgIpc) is 2.69. The minimum Gasteiger partial charge on any atom is -0.149 e. The summed E-state index contributed by atoms with van der Waals surface area (Å²) in [6.07, 6.45) is 0. The summed E-state index contributed by atoms with van der Waals surface area (Å²) in [6, 6.07) is 25.3. The third-order valence-corrected chi connectivity index (χ3v) is 5.60. The van der Waals surface area contributed by atoms with Crippen molar-refractivity contribution < 1.29 is 0 Å². The van der Waals surface area contributed by atoms with E-state index in [4.69, 9.17) is 0 Å². The van der Waals surface area contributed by atoms with Gasteiger partial charge in [0.2, 0.25) is 0 Å². The van der Waals surface area contributed by atoms with Crippen LogP contribution in [0.5, 0.6) is 0 Å². The number of thioether (sulfide) groups is 1. The first-order valence-corrected chi connectivity index (χ1v) is 9.71. The van der Waals surface area contributed by atoms with E-state index < -0.39 is 0 Å². The van der Waals surface area contributed by atoms with Crippen LogP contribution in [0, 0.1) is 13.8 Å². The summed E-state index contributed by atoms with van der Waals surface area (Å²) < 4.78 is 0. The Bertz CT molecular complexity index is 1060. The Labute approximate surface area is 158 Å². The van der Waals surface area contributed by atoms with Gasteiger partial charge in [-0.15, -0.1) is 10.2 Å². The van der Waals surface area contributed by atoms with Crippen LogP contribution in [-0.4, -0.2) is 10.2 Å². The highest BCUT2D eigenvalue weighted by Crippen LogP contribution is 2.33. The molecule has 0 fully saturated rings. The number of hydrogen-bond acceptors (Lipinski definition) is 3. The molecule has 0 atom stereocenters. The molecule has 0 saturated heterocycles. The molecule has 0 radical (unpaired) electrons. The third-order valence-electron chi connectivity index (χ3n) is 4.57. The van der Waals surface area contributed by atoms with Crippen LogP contribution in [0.4, 0.5) is 0 Å². The standard InChI is InChI=1S/C23H20N2S/c1-16-12-13-17(2)19(14-16)15-26-23-21-11-7-6-10-20(21)22(24-25-23)18-8-4-3-5-9-18/h3-14H,15H2,1-2H3. The van der Waals surface area contributed by atoms with Gasteiger partial charge in [0, 0.05) is 22.1 Å². The van der Waals surface area contributed by atoms with Crippen LogP contribution in [0.25, 0.3) is 22.0 Å². The van der Waals surface area contributed by atoms with Crippen LogP contribution in [0.3, 0.4) is 0 Å². The third kappa shape index (κ3) is 3.35. The van der Waals surface area contributed by atoms with Gasteiger partial charge in [0.15, 0.2) is 0 Å². The summed E-state index contributed by atoms with van der Waals surface area (Å²) in [7, 11) is 0. The zero-order valence-corrected chi connectivity index (χ0v) is 15.8. The molecular formula is C23H20N2S. The fraction of sp³-hybridized carbons (Fsp3) is 0.130. The van der Waals surface area contributed by atoms with Gasteiger partial charge in [0.05, 0.1) is 0 Å². The predicted molar refractivity (Wildman–Crippen MR) is 110 cm³/mol. The van der Waals surface area contributed by atoms with Crippen molar-refractivity contribution >= 4 is 22.5 Å². The largest absolute Gasteiger partial charge is 0.149 e. The Morgan fingerprint density at radius 3 is 2.31 bits per heavy atom. The molecule has 26 heavy (non-hydrogen) atoms. The minimum atomic E-state index is 0.900. The van der Waals surface area contributed by atoms with Crippen LogP contribution in [-0.2, 0) is 5.75 Å². The van der Waals surface area contributed by atoms with Gasteiger partial charge < -0.3 is 0 Å². The summed E-state index contributed by atoms with van der Waals surface area (Å²) in [6.45, 7) is 4.30. The topological polar surface area (TPSA) is 25.8 Å². The molecule has 4 rings (SSSR count). The van der Waals surface area contributed by atoms with Gasteiger partial charge in [-0.3, -0.25) is 0 Å². The Kier molecular flexibility index (Phi) is 4.72. The molecule has 0 aliphatic carbocycles. The van der Waals surface area contributed by atoms with E-state index in [2.05, 4.69) is 78.6 Å². The Hall–Kier alpha value is -2.65. The summed E-state index contributed by atoms with van der Waals surface area (Å²) in [5.41, 5.74) is 6.01. The van der Waals surface area contributed by atoms with Gasteiger partial charge >= 0.3 is 0 Å². The molecule has 0 saturated carbocycles. The van der Waals surface area contributed by atoms with Crippen molar-refractivity contribution in [2.45, 2.75) is 24.6 Å². The lowest BCUT2D eigenvalue weighted by Gasteiger charge is -2.10. The lowest BCUT2D eigenvalue weighted by molar-refractivity contribution is 0.961. The highest BCUT2D eigenvalue weighted by atomic mass is 32.2. The monoisotopic (exact) mass is 356 g/mol. The SMILES string of the molecule is Cc1ccc(C)c(CSc2nnc(-c3ccccc3)c3ccccc23)c1. The smallest absolute Gasteiger partial charge is 0.127 e. The first-order chi connectivity index (χ1) is 12.7. The van der Waals surface area contributed by atoms with Crippen molar-refractivity contribution in [1.82, 2.24) is 10.2 Å². The molecule has 128 valence electrons. The summed E-state index contributed by atoms with van der Waals surface area (Å²) in [4.78, 5) is 0. The Morgan fingerprint density at radius 1 is 0.769 bits per heavy atom. The number of rotatable bonds is 4. The zero-order chi connectivity index (χ0) is 17.9. The van der Waals surface area contributed by atoms with Crippen molar-refractivity contribution in [3.63, 3.8) is 0 Å². The number of fused-ring (bicyclic) bond motifs is 1. The molecule has 2 nitrogen and oxygen atoms in total. The first-order valence-electron chi connectivity index (χ1n) is 8.72. The normalized spacial score (nSPS) is 11.0. The number of hydrogen-bond donors (Lipinski definition) is 0. The molecule has 0 bridgehead atoms. The number of benzene rings is 3. The van der Waals surface area contributed by atoms with Crippen molar-refractivity contribution in [2.24, 2.45) is 0 Å². The van der Waals surface area contributed by atoms with Crippen molar-refractivity contribution in [1.29, 1.82) is 0 Å². The first kappa shape index (κ1) is 16.8. The molecule has 1 heterocycles. The quantitative estimate of drug-likeness (QED) is 0.407. The number of aromatic nitrogens is 2. The van der Waals surface area contributed by atoms with Gasteiger partial charge in [0.25, 0.3) is 0 Å². The van der Waals surface area contributed by atoms with Crippen LogP contribution >= 0.6 is 11.8 Å². The maximum Gasteiger partial charge on any atom is 0.127 e. The van der Waals surface area contributed by atoms with Crippen LogP contribution in [0.1, 0.15) is 16.7 Å². The molecule has 3 heteroatoms. The fourth-order valence-electron chi connectivity index (χ4n) is 3.10. The summed E-state index contributed by atoms with van der Waals surface area (Å²) in [5.74, 6) is 0.900. The second kappa shape index (κ2) is 7.30. The summed E-state index contributed by atoms with van der Waals surface area (Å²) >= 11 is 1.76. The lowest BCUT2D eigenvalue weighted by Crippen LogP contribution is -1.95. The van der Waals surface area contributed by atoms with E-state index in [1.165, 1.54) is 16.7 Å². The highest BCUT2D eigenvalue weighted by molar-refractivity contribution is 7.98. The maximum absolute atomic E-state index is 4.56. The molecule has 0 spiro atoms. The molecule has 0 amide bonds. The van der Waals surface area contributed by atoms with Gasteiger partial charge in [-0.1, -0.05) is 90.1 Å². The predicted octanol–water partition coefficient (Wildman–Crippen LogP) is 6.21. The van der Waals surface area contributed by atoms with Gasteiger partial charge in [0.1, 0.15) is 10.7 Å². The molecule has 0 N–H and O–H groups in total. The van der Waals surface area contributed by atoms with Gasteiger partial charge in [-0.2, -0.15) is 0 Å². The Balaban J connectivity index is 1.72. The zero-order valence-electron chi connectivity index (χ0n) is 14.9. The molecule has 0 unspecified atom stereocenters. The molecule has 3 aromatic carbocycles. The average molecular weight is 356 g/mol. The van der Waals surface area contributed by atoms with Crippen molar-refractivity contribution in [3.05, 3.63) is 89.5 Å². The van der Waals surface area contributed by atoms with E-state index >= 15 is 0 Å². The van der Waals surface area contributed by atoms with Crippen molar-refractivity contribution in [2.75, 3.05) is 0 Å². The molecule has 1 aromatic heterocycles. The summed E-state index contributed by atoms with van der Waals surface area (Å²) in [5, 5.41) is 12.4. The van der Waals surface area contributed by atoms with E-state index in [-0.39, 0.29) is 0 Å². The maximum atomic E-state index is 4.56.